The smallest absolute Gasteiger partial charge is 0.226 e. The van der Waals surface area contributed by atoms with Crippen LogP contribution in [0.3, 0.4) is 0 Å². The number of hydrogen-bond donors (Lipinski definition) is 0. The van der Waals surface area contributed by atoms with E-state index < -0.39 is 6.10 Å². The molecule has 1 aliphatic rings. The van der Waals surface area contributed by atoms with Crippen molar-refractivity contribution in [1.82, 2.24) is 0 Å². The quantitative estimate of drug-likeness (QED) is 0.773. The summed E-state index contributed by atoms with van der Waals surface area (Å²) in [6.45, 7) is 2.37. The van der Waals surface area contributed by atoms with E-state index in [1.54, 1.807) is 6.07 Å². The van der Waals surface area contributed by atoms with E-state index in [0.29, 0.717) is 23.5 Å². The van der Waals surface area contributed by atoms with Crippen molar-refractivity contribution in [3.63, 3.8) is 0 Å². The number of halogens is 1. The summed E-state index contributed by atoms with van der Waals surface area (Å²) < 4.78 is 24.1. The summed E-state index contributed by atoms with van der Waals surface area (Å²) in [4.78, 5) is 12.4. The lowest BCUT2D eigenvalue weighted by molar-refractivity contribution is 0.0353. The molecule has 100 valence electrons. The first kappa shape index (κ1) is 12.4. The van der Waals surface area contributed by atoms with Crippen LogP contribution in [0.25, 0.3) is 11.0 Å². The Morgan fingerprint density at radius 1 is 1.47 bits per heavy atom. The topological polar surface area (TPSA) is 39.4 Å². The zero-order chi connectivity index (χ0) is 13.4. The second kappa shape index (κ2) is 4.78. The number of furan rings is 1. The minimum atomic E-state index is -0.421. The molecule has 1 saturated carbocycles. The van der Waals surface area contributed by atoms with Gasteiger partial charge in [-0.1, -0.05) is 0 Å². The van der Waals surface area contributed by atoms with Gasteiger partial charge in [-0.05, 0) is 49.9 Å². The lowest BCUT2D eigenvalue weighted by Gasteiger charge is -2.12. The Morgan fingerprint density at radius 2 is 2.26 bits per heavy atom. The Bertz CT molecular complexity index is 613. The number of ketones is 1. The van der Waals surface area contributed by atoms with Crippen LogP contribution < -0.4 is 0 Å². The normalized spacial score (nSPS) is 16.7. The monoisotopic (exact) mass is 262 g/mol. The van der Waals surface area contributed by atoms with Gasteiger partial charge in [0.25, 0.3) is 0 Å². The molecule has 1 unspecified atom stereocenters. The molecule has 3 nitrogen and oxygen atoms in total. The number of carbonyl (C=O) groups is 1. The highest BCUT2D eigenvalue weighted by Gasteiger charge is 2.38. The highest BCUT2D eigenvalue weighted by Crippen LogP contribution is 2.36. The fraction of sp³-hybridized carbons (Fsp3) is 0.400. The number of benzene rings is 1. The molecule has 2 aromatic rings. The molecule has 0 amide bonds. The summed E-state index contributed by atoms with van der Waals surface area (Å²) in [6, 6.07) is 5.81. The van der Waals surface area contributed by atoms with E-state index >= 15 is 0 Å². The molecule has 19 heavy (non-hydrogen) atoms. The largest absolute Gasteiger partial charge is 0.453 e. The molecule has 1 atom stereocenters. The molecule has 0 spiro atoms. The SMILES string of the molecule is CCOC(C(=O)c1cc2cc(F)ccc2o1)C1CC1. The maximum atomic E-state index is 13.1. The van der Waals surface area contributed by atoms with Crippen LogP contribution in [0.1, 0.15) is 30.3 Å². The van der Waals surface area contributed by atoms with Crippen molar-refractivity contribution < 1.29 is 18.3 Å². The zero-order valence-electron chi connectivity index (χ0n) is 10.7. The van der Waals surface area contributed by atoms with Gasteiger partial charge in [0, 0.05) is 12.0 Å². The first-order valence-corrected chi connectivity index (χ1v) is 6.54. The van der Waals surface area contributed by atoms with E-state index in [9.17, 15) is 9.18 Å². The van der Waals surface area contributed by atoms with Gasteiger partial charge in [-0.3, -0.25) is 4.79 Å². The molecule has 1 aliphatic carbocycles. The third-order valence-electron chi connectivity index (χ3n) is 3.38. The van der Waals surface area contributed by atoms with Crippen LogP contribution in [0.5, 0.6) is 0 Å². The summed E-state index contributed by atoms with van der Waals surface area (Å²) in [6.07, 6.45) is 1.62. The van der Waals surface area contributed by atoms with Gasteiger partial charge in [0.1, 0.15) is 17.5 Å². The molecule has 1 aromatic carbocycles. The molecular weight excluding hydrogens is 247 g/mol. The van der Waals surface area contributed by atoms with Crippen molar-refractivity contribution in [2.75, 3.05) is 6.61 Å². The molecule has 4 heteroatoms. The summed E-state index contributed by atoms with van der Waals surface area (Å²) in [5.41, 5.74) is 0.524. The van der Waals surface area contributed by atoms with Crippen molar-refractivity contribution in [1.29, 1.82) is 0 Å². The molecule has 0 aliphatic heterocycles. The highest BCUT2D eigenvalue weighted by molar-refractivity contribution is 6.00. The Labute approximate surface area is 110 Å². The molecule has 0 radical (unpaired) electrons. The minimum Gasteiger partial charge on any atom is -0.453 e. The Kier molecular flexibility index (Phi) is 3.11. The van der Waals surface area contributed by atoms with E-state index in [0.717, 1.165) is 12.8 Å². The van der Waals surface area contributed by atoms with Crippen LogP contribution in [0.2, 0.25) is 0 Å². The average Bonchev–Trinajstić information content (AvgIpc) is 3.14. The fourth-order valence-corrected chi connectivity index (χ4v) is 2.28. The van der Waals surface area contributed by atoms with Crippen molar-refractivity contribution in [2.45, 2.75) is 25.9 Å². The molecular formula is C15H15FO3. The molecule has 3 rings (SSSR count). The van der Waals surface area contributed by atoms with Gasteiger partial charge < -0.3 is 9.15 Å². The molecule has 0 N–H and O–H groups in total. The van der Waals surface area contributed by atoms with E-state index in [2.05, 4.69) is 0 Å². The first-order chi connectivity index (χ1) is 9.19. The first-order valence-electron chi connectivity index (χ1n) is 6.54. The average molecular weight is 262 g/mol. The number of Topliss-reactive ketones (excluding diaryl/α,β-unsaturated/α-hetero) is 1. The number of carbonyl (C=O) groups excluding carboxylic acids is 1. The third kappa shape index (κ3) is 2.40. The zero-order valence-corrected chi connectivity index (χ0v) is 10.7. The summed E-state index contributed by atoms with van der Waals surface area (Å²) >= 11 is 0. The van der Waals surface area contributed by atoms with Crippen LogP contribution in [-0.2, 0) is 4.74 Å². The number of fused-ring (bicyclic) bond motifs is 1. The van der Waals surface area contributed by atoms with Crippen molar-refractivity contribution >= 4 is 16.8 Å². The molecule has 1 heterocycles. The van der Waals surface area contributed by atoms with Crippen LogP contribution in [-0.4, -0.2) is 18.5 Å². The van der Waals surface area contributed by atoms with E-state index in [1.165, 1.54) is 18.2 Å². The summed E-state index contributed by atoms with van der Waals surface area (Å²) in [7, 11) is 0. The van der Waals surface area contributed by atoms with Crippen molar-refractivity contribution in [2.24, 2.45) is 5.92 Å². The Hall–Kier alpha value is -1.68. The number of rotatable bonds is 5. The third-order valence-corrected chi connectivity index (χ3v) is 3.38. The maximum Gasteiger partial charge on any atom is 0.226 e. The van der Waals surface area contributed by atoms with E-state index in [1.807, 2.05) is 6.92 Å². The van der Waals surface area contributed by atoms with Crippen LogP contribution >= 0.6 is 0 Å². The fourth-order valence-electron chi connectivity index (χ4n) is 2.28. The standard InChI is InChI=1S/C15H15FO3/c1-2-18-15(9-3-4-9)14(17)13-8-10-7-11(16)5-6-12(10)19-13/h5-9,15H,2-4H2,1H3. The molecule has 1 aromatic heterocycles. The highest BCUT2D eigenvalue weighted by atomic mass is 19.1. The molecule has 1 fully saturated rings. The predicted octanol–water partition coefficient (Wildman–Crippen LogP) is 3.57. The second-order valence-corrected chi connectivity index (χ2v) is 4.87. The second-order valence-electron chi connectivity index (χ2n) is 4.87. The van der Waals surface area contributed by atoms with Crippen LogP contribution in [0.4, 0.5) is 4.39 Å². The van der Waals surface area contributed by atoms with Crippen molar-refractivity contribution in [3.8, 4) is 0 Å². The Morgan fingerprint density at radius 3 is 2.95 bits per heavy atom. The van der Waals surface area contributed by atoms with Gasteiger partial charge in [0.05, 0.1) is 0 Å². The number of ether oxygens (including phenoxy) is 1. The summed E-state index contributed by atoms with van der Waals surface area (Å²) in [5, 5.41) is 0.606. The lowest BCUT2D eigenvalue weighted by atomic mass is 10.1. The van der Waals surface area contributed by atoms with Gasteiger partial charge in [-0.2, -0.15) is 0 Å². The maximum absolute atomic E-state index is 13.1. The van der Waals surface area contributed by atoms with E-state index in [4.69, 9.17) is 9.15 Å². The summed E-state index contributed by atoms with van der Waals surface area (Å²) in [5.74, 6) is 0.0835. The minimum absolute atomic E-state index is 0.138. The van der Waals surface area contributed by atoms with Gasteiger partial charge in [-0.25, -0.2) is 4.39 Å². The van der Waals surface area contributed by atoms with Gasteiger partial charge in [0.15, 0.2) is 5.76 Å². The van der Waals surface area contributed by atoms with Crippen molar-refractivity contribution in [3.05, 3.63) is 35.8 Å². The predicted molar refractivity (Wildman–Crippen MR) is 68.6 cm³/mol. The van der Waals surface area contributed by atoms with Gasteiger partial charge >= 0.3 is 0 Å². The molecule has 0 bridgehead atoms. The Balaban J connectivity index is 1.91. The number of hydrogen-bond acceptors (Lipinski definition) is 3. The molecule has 0 saturated heterocycles. The van der Waals surface area contributed by atoms with Crippen LogP contribution in [0, 0.1) is 11.7 Å². The van der Waals surface area contributed by atoms with Crippen LogP contribution in [0.15, 0.2) is 28.7 Å². The van der Waals surface area contributed by atoms with Gasteiger partial charge in [-0.15, -0.1) is 0 Å². The lowest BCUT2D eigenvalue weighted by Crippen LogP contribution is -2.26. The van der Waals surface area contributed by atoms with E-state index in [-0.39, 0.29) is 17.4 Å². The van der Waals surface area contributed by atoms with Gasteiger partial charge in [0.2, 0.25) is 5.78 Å².